The normalized spacial score (nSPS) is 11.7. The average molecular weight is 434 g/mol. The number of likely N-dealkylation sites (N-methyl/N-ethyl adjacent to an activating group) is 1. The van der Waals surface area contributed by atoms with Crippen molar-refractivity contribution < 1.29 is 5.11 Å². The van der Waals surface area contributed by atoms with Gasteiger partial charge in [-0.1, -0.05) is 19.1 Å². The topological polar surface area (TPSA) is 113 Å². The number of rotatable bonds is 11. The van der Waals surface area contributed by atoms with Crippen molar-refractivity contribution in [3.05, 3.63) is 72.0 Å². The number of aromatic nitrogens is 4. The summed E-state index contributed by atoms with van der Waals surface area (Å²) in [5.74, 6) is 1.46. The van der Waals surface area contributed by atoms with Crippen LogP contribution in [0.25, 0.3) is 11.4 Å². The average Bonchev–Trinajstić information content (AvgIpc) is 2.78. The van der Waals surface area contributed by atoms with Crippen LogP contribution >= 0.6 is 0 Å². The molecule has 4 N–H and O–H groups in total. The molecule has 168 valence electrons. The fraction of sp³-hybridized carbons (Fsp3) is 0.333. The number of pyridine rings is 1. The molecule has 2 heterocycles. The number of hydrogen-bond donors (Lipinski definition) is 3. The molecule has 0 unspecified atom stereocenters. The van der Waals surface area contributed by atoms with E-state index in [1.165, 1.54) is 6.33 Å². The highest BCUT2D eigenvalue weighted by Gasteiger charge is 2.08. The maximum atomic E-state index is 9.90. The Hall–Kier alpha value is -3.36. The molecule has 0 aliphatic heterocycles. The molecule has 0 amide bonds. The summed E-state index contributed by atoms with van der Waals surface area (Å²) in [6.45, 7) is 3.87. The molecule has 0 atom stereocenters. The van der Waals surface area contributed by atoms with Crippen LogP contribution in [-0.2, 0) is 13.0 Å². The Balaban J connectivity index is 1.69. The van der Waals surface area contributed by atoms with Crippen molar-refractivity contribution in [2.45, 2.75) is 32.7 Å². The van der Waals surface area contributed by atoms with Gasteiger partial charge in [-0.15, -0.1) is 0 Å². The largest absolute Gasteiger partial charge is 0.511 e. The zero-order valence-electron chi connectivity index (χ0n) is 18.7. The molecule has 0 saturated carbocycles. The van der Waals surface area contributed by atoms with Gasteiger partial charge in [0.1, 0.15) is 12.1 Å². The molecule has 0 aliphatic carbocycles. The van der Waals surface area contributed by atoms with E-state index in [2.05, 4.69) is 42.3 Å². The quantitative estimate of drug-likeness (QED) is 0.391. The van der Waals surface area contributed by atoms with E-state index in [4.69, 9.17) is 5.73 Å². The molecule has 1 aromatic carbocycles. The molecule has 32 heavy (non-hydrogen) atoms. The van der Waals surface area contributed by atoms with E-state index >= 15 is 0 Å². The van der Waals surface area contributed by atoms with Gasteiger partial charge in [0.25, 0.3) is 0 Å². The molecule has 0 radical (unpaired) electrons. The van der Waals surface area contributed by atoms with E-state index in [-0.39, 0.29) is 0 Å². The summed E-state index contributed by atoms with van der Waals surface area (Å²) >= 11 is 0. The third-order valence-corrected chi connectivity index (χ3v) is 4.79. The third-order valence-electron chi connectivity index (χ3n) is 4.79. The summed E-state index contributed by atoms with van der Waals surface area (Å²) < 4.78 is 0. The zero-order chi connectivity index (χ0) is 22.8. The first-order valence-corrected chi connectivity index (χ1v) is 10.8. The van der Waals surface area contributed by atoms with Crippen molar-refractivity contribution >= 4 is 11.6 Å². The lowest BCUT2D eigenvalue weighted by atomic mass is 10.1. The summed E-state index contributed by atoms with van der Waals surface area (Å²) in [5, 5.41) is 13.2. The summed E-state index contributed by atoms with van der Waals surface area (Å²) in [6, 6.07) is 12.0. The van der Waals surface area contributed by atoms with Gasteiger partial charge in [0.15, 0.2) is 5.82 Å². The minimum Gasteiger partial charge on any atom is -0.511 e. The van der Waals surface area contributed by atoms with Crippen LogP contribution in [0.4, 0.5) is 11.6 Å². The monoisotopic (exact) mass is 433 g/mol. The number of hydrogen-bond acceptors (Lipinski definition) is 8. The molecule has 0 bridgehead atoms. The highest BCUT2D eigenvalue weighted by Crippen LogP contribution is 2.19. The molecular weight excluding hydrogens is 402 g/mol. The first kappa shape index (κ1) is 23.3. The number of aliphatic hydroxyl groups excluding tert-OH is 1. The van der Waals surface area contributed by atoms with E-state index in [0.29, 0.717) is 37.2 Å². The molecular formula is C24H31N7O. The smallest absolute Gasteiger partial charge is 0.230 e. The fourth-order valence-corrected chi connectivity index (χ4v) is 3.35. The van der Waals surface area contributed by atoms with E-state index in [9.17, 15) is 5.11 Å². The van der Waals surface area contributed by atoms with Crippen LogP contribution in [0.15, 0.2) is 60.8 Å². The Bertz CT molecular complexity index is 1040. The van der Waals surface area contributed by atoms with E-state index < -0.39 is 0 Å². The van der Waals surface area contributed by atoms with Crippen molar-refractivity contribution in [3.8, 4) is 11.4 Å². The summed E-state index contributed by atoms with van der Waals surface area (Å²) in [5.41, 5.74) is 9.48. The Morgan fingerprint density at radius 1 is 1.19 bits per heavy atom. The number of nitrogens with two attached hydrogens (primary N) is 1. The molecule has 0 aliphatic rings. The molecule has 2 aromatic heterocycles. The van der Waals surface area contributed by atoms with Crippen molar-refractivity contribution in [2.75, 3.05) is 25.5 Å². The molecule has 3 aromatic rings. The van der Waals surface area contributed by atoms with Gasteiger partial charge in [0.2, 0.25) is 5.95 Å². The van der Waals surface area contributed by atoms with Crippen LogP contribution in [0, 0.1) is 0 Å². The second kappa shape index (κ2) is 11.9. The van der Waals surface area contributed by atoms with Gasteiger partial charge < -0.3 is 16.2 Å². The number of nitrogens with zero attached hydrogens (tertiary/aromatic N) is 5. The zero-order valence-corrected chi connectivity index (χ0v) is 18.7. The van der Waals surface area contributed by atoms with E-state index in [1.807, 2.05) is 44.3 Å². The van der Waals surface area contributed by atoms with Gasteiger partial charge in [-0.25, -0.2) is 9.97 Å². The first-order valence-electron chi connectivity index (χ1n) is 10.8. The minimum absolute atomic E-state index is 0.393. The van der Waals surface area contributed by atoms with Crippen LogP contribution in [0.3, 0.4) is 0 Å². The lowest BCUT2D eigenvalue weighted by molar-refractivity contribution is 0.283. The summed E-state index contributed by atoms with van der Waals surface area (Å²) in [7, 11) is 1.98. The van der Waals surface area contributed by atoms with Crippen LogP contribution in [0.5, 0.6) is 0 Å². The van der Waals surface area contributed by atoms with E-state index in [0.717, 1.165) is 41.8 Å². The first-order chi connectivity index (χ1) is 15.6. The minimum atomic E-state index is 0.393. The fourth-order valence-electron chi connectivity index (χ4n) is 3.35. The molecule has 8 nitrogen and oxygen atoms in total. The van der Waals surface area contributed by atoms with Crippen molar-refractivity contribution in [1.82, 2.24) is 24.8 Å². The number of aliphatic hydroxyl groups is 1. The number of allylic oxidation sites excluding steroid dienone is 1. The number of anilines is 2. The number of aryl methyl sites for hydroxylation is 1. The highest BCUT2D eigenvalue weighted by molar-refractivity contribution is 5.59. The van der Waals surface area contributed by atoms with Crippen LogP contribution in [0.2, 0.25) is 0 Å². The van der Waals surface area contributed by atoms with Gasteiger partial charge in [-0.3, -0.25) is 9.88 Å². The molecule has 3 rings (SSSR count). The van der Waals surface area contributed by atoms with Crippen LogP contribution in [-0.4, -0.2) is 50.1 Å². The van der Waals surface area contributed by atoms with Gasteiger partial charge >= 0.3 is 0 Å². The van der Waals surface area contributed by atoms with Crippen molar-refractivity contribution in [1.29, 1.82) is 0 Å². The predicted molar refractivity (Wildman–Crippen MR) is 127 cm³/mol. The number of nitrogens with one attached hydrogen (secondary N) is 1. The van der Waals surface area contributed by atoms with Crippen LogP contribution < -0.4 is 11.1 Å². The standard InChI is InChI=1S/C24H31N7O/c1-3-6-22(32)16-31(2)15-18-7-4-8-21(13-18)29-24-28-17-27-23(30-24)19-10-12-26-20(14-19)9-5-11-25/h4,6-8,10,12-14,17,32H,3,5,9,11,15-16,25H2,1-2H3,(H,27,28,29,30). The Morgan fingerprint density at radius 3 is 2.88 bits per heavy atom. The van der Waals surface area contributed by atoms with Gasteiger partial charge in [-0.2, -0.15) is 4.98 Å². The predicted octanol–water partition coefficient (Wildman–Crippen LogP) is 3.85. The summed E-state index contributed by atoms with van der Waals surface area (Å²) in [6.07, 6.45) is 7.64. The molecule has 0 saturated heterocycles. The maximum Gasteiger partial charge on any atom is 0.230 e. The highest BCUT2D eigenvalue weighted by atomic mass is 16.3. The molecule has 0 fully saturated rings. The Morgan fingerprint density at radius 2 is 2.06 bits per heavy atom. The van der Waals surface area contributed by atoms with Crippen LogP contribution in [0.1, 0.15) is 31.0 Å². The van der Waals surface area contributed by atoms with Crippen molar-refractivity contribution in [2.24, 2.45) is 5.73 Å². The number of benzene rings is 1. The third kappa shape index (κ3) is 7.11. The van der Waals surface area contributed by atoms with Crippen molar-refractivity contribution in [3.63, 3.8) is 0 Å². The second-order valence-corrected chi connectivity index (χ2v) is 7.66. The van der Waals surface area contributed by atoms with Gasteiger partial charge in [0, 0.05) is 29.7 Å². The second-order valence-electron chi connectivity index (χ2n) is 7.66. The van der Waals surface area contributed by atoms with Gasteiger partial charge in [0.05, 0.1) is 6.54 Å². The molecule has 8 heteroatoms. The Labute approximate surface area is 189 Å². The van der Waals surface area contributed by atoms with Gasteiger partial charge in [-0.05, 0) is 68.8 Å². The molecule has 0 spiro atoms. The SMILES string of the molecule is CCC=C(O)CN(C)Cc1cccc(Nc2ncnc(-c3ccnc(CCCN)c3)n2)c1. The maximum absolute atomic E-state index is 9.90. The Kier molecular flexibility index (Phi) is 8.65. The lowest BCUT2D eigenvalue weighted by Crippen LogP contribution is -2.20. The summed E-state index contributed by atoms with van der Waals surface area (Å²) in [4.78, 5) is 19.6. The lowest BCUT2D eigenvalue weighted by Gasteiger charge is -2.17. The van der Waals surface area contributed by atoms with E-state index in [1.54, 1.807) is 6.20 Å².